The molecule has 0 aliphatic heterocycles. The van der Waals surface area contributed by atoms with Gasteiger partial charge in [0.15, 0.2) is 0 Å². The summed E-state index contributed by atoms with van der Waals surface area (Å²) in [4.78, 5) is 34.1. The molecular weight excluding hydrogens is 266 g/mol. The predicted molar refractivity (Wildman–Crippen MR) is 57.7 cm³/mol. The van der Waals surface area contributed by atoms with Gasteiger partial charge in [-0.1, -0.05) is 0 Å². The molecule has 1 aromatic heterocycles. The first-order valence-corrected chi connectivity index (χ1v) is 4.93. The lowest BCUT2D eigenvalue weighted by molar-refractivity contribution is -0.121. The fourth-order valence-corrected chi connectivity index (χ4v) is 1.57. The Morgan fingerprint density at radius 3 is 2.67 bits per heavy atom. The van der Waals surface area contributed by atoms with Crippen molar-refractivity contribution in [1.29, 1.82) is 0 Å². The first-order chi connectivity index (χ1) is 6.97. The zero-order valence-corrected chi connectivity index (χ0v) is 9.87. The van der Waals surface area contributed by atoms with Gasteiger partial charge in [-0.05, 0) is 15.9 Å². The van der Waals surface area contributed by atoms with Crippen LogP contribution < -0.4 is 16.6 Å². The van der Waals surface area contributed by atoms with Crippen molar-refractivity contribution in [2.45, 2.75) is 6.54 Å². The number of amides is 1. The van der Waals surface area contributed by atoms with E-state index in [0.717, 1.165) is 4.57 Å². The van der Waals surface area contributed by atoms with Crippen LogP contribution in [0.15, 0.2) is 20.3 Å². The SMILES string of the molecule is CNC(=O)Cn1c(=O)c(Br)cn(C)c1=O. The minimum atomic E-state index is -0.521. The van der Waals surface area contributed by atoms with E-state index in [1.807, 2.05) is 0 Å². The van der Waals surface area contributed by atoms with Gasteiger partial charge >= 0.3 is 5.69 Å². The normalized spacial score (nSPS) is 10.1. The first-order valence-electron chi connectivity index (χ1n) is 4.14. The smallest absolute Gasteiger partial charge is 0.331 e. The molecule has 1 heterocycles. The minimum Gasteiger partial charge on any atom is -0.358 e. The molecule has 1 amide bonds. The van der Waals surface area contributed by atoms with Gasteiger partial charge in [-0.3, -0.25) is 9.59 Å². The van der Waals surface area contributed by atoms with Gasteiger partial charge in [0.05, 0.1) is 4.47 Å². The number of hydrogen-bond donors (Lipinski definition) is 1. The zero-order valence-electron chi connectivity index (χ0n) is 8.28. The van der Waals surface area contributed by atoms with Crippen LogP contribution in [0.4, 0.5) is 0 Å². The molecule has 6 nitrogen and oxygen atoms in total. The second kappa shape index (κ2) is 4.43. The highest BCUT2D eigenvalue weighted by Crippen LogP contribution is 1.97. The number of likely N-dealkylation sites (N-methyl/N-ethyl adjacent to an activating group) is 1. The minimum absolute atomic E-state index is 0.244. The van der Waals surface area contributed by atoms with Crippen molar-refractivity contribution < 1.29 is 4.79 Å². The summed E-state index contributed by atoms with van der Waals surface area (Å²) in [6, 6.07) is 0. The molecule has 0 aliphatic rings. The van der Waals surface area contributed by atoms with Crippen molar-refractivity contribution in [3.63, 3.8) is 0 Å². The van der Waals surface area contributed by atoms with Gasteiger partial charge in [-0.2, -0.15) is 0 Å². The van der Waals surface area contributed by atoms with Crippen molar-refractivity contribution in [3.8, 4) is 0 Å². The van der Waals surface area contributed by atoms with Gasteiger partial charge in [0.1, 0.15) is 6.54 Å². The van der Waals surface area contributed by atoms with Gasteiger partial charge in [0.2, 0.25) is 5.91 Å². The van der Waals surface area contributed by atoms with Gasteiger partial charge in [-0.25, -0.2) is 9.36 Å². The number of carbonyl (C=O) groups excluding carboxylic acids is 1. The van der Waals surface area contributed by atoms with Crippen LogP contribution >= 0.6 is 15.9 Å². The molecule has 1 N–H and O–H groups in total. The summed E-state index contributed by atoms with van der Waals surface area (Å²) >= 11 is 3.02. The number of nitrogens with zero attached hydrogens (tertiary/aromatic N) is 2. The van der Waals surface area contributed by atoms with Crippen LogP contribution in [0.3, 0.4) is 0 Å². The van der Waals surface area contributed by atoms with Crippen LogP contribution in [0, 0.1) is 0 Å². The highest BCUT2D eigenvalue weighted by Gasteiger charge is 2.10. The number of aryl methyl sites for hydroxylation is 1. The third-order valence-corrected chi connectivity index (χ3v) is 2.41. The van der Waals surface area contributed by atoms with Crippen molar-refractivity contribution in [2.24, 2.45) is 7.05 Å². The molecule has 0 fully saturated rings. The Balaban J connectivity index is 3.34. The maximum atomic E-state index is 11.5. The molecular formula is C8H10BrN3O3. The monoisotopic (exact) mass is 275 g/mol. The largest absolute Gasteiger partial charge is 0.358 e. The summed E-state index contributed by atoms with van der Waals surface area (Å²) in [5.74, 6) is -0.396. The number of halogens is 1. The summed E-state index contributed by atoms with van der Waals surface area (Å²) in [5, 5.41) is 2.34. The first kappa shape index (κ1) is 11.7. The van der Waals surface area contributed by atoms with Crippen LogP contribution in [0.5, 0.6) is 0 Å². The molecule has 1 rings (SSSR count). The standard InChI is InChI=1S/C8H10BrN3O3/c1-10-6(13)4-12-7(14)5(9)3-11(2)8(12)15/h3H,4H2,1-2H3,(H,10,13). The third kappa shape index (κ3) is 2.35. The Kier molecular flexibility index (Phi) is 3.46. The van der Waals surface area contributed by atoms with Crippen LogP contribution in [-0.2, 0) is 18.4 Å². The van der Waals surface area contributed by atoms with Crippen LogP contribution in [0.2, 0.25) is 0 Å². The number of nitrogens with one attached hydrogen (secondary N) is 1. The van der Waals surface area contributed by atoms with Gasteiger partial charge in [-0.15, -0.1) is 0 Å². The highest BCUT2D eigenvalue weighted by molar-refractivity contribution is 9.10. The quantitative estimate of drug-likeness (QED) is 0.757. The average molecular weight is 276 g/mol. The van der Waals surface area contributed by atoms with Crippen molar-refractivity contribution in [3.05, 3.63) is 31.5 Å². The molecule has 0 unspecified atom stereocenters. The molecule has 0 atom stereocenters. The lowest BCUT2D eigenvalue weighted by Gasteiger charge is -2.06. The summed E-state index contributed by atoms with van der Waals surface area (Å²) in [6.45, 7) is -0.276. The maximum Gasteiger partial charge on any atom is 0.331 e. The van der Waals surface area contributed by atoms with E-state index >= 15 is 0 Å². The third-order valence-electron chi connectivity index (χ3n) is 1.87. The number of aromatic nitrogens is 2. The van der Waals surface area contributed by atoms with E-state index in [-0.39, 0.29) is 11.0 Å². The fraction of sp³-hybridized carbons (Fsp3) is 0.375. The topological polar surface area (TPSA) is 73.1 Å². The second-order valence-electron chi connectivity index (χ2n) is 2.93. The van der Waals surface area contributed by atoms with Crippen LogP contribution in [0.25, 0.3) is 0 Å². The molecule has 1 aromatic rings. The molecule has 0 saturated heterocycles. The molecule has 15 heavy (non-hydrogen) atoms. The fourth-order valence-electron chi connectivity index (χ4n) is 1.05. The molecule has 0 bridgehead atoms. The van der Waals surface area contributed by atoms with E-state index in [1.165, 1.54) is 24.9 Å². The molecule has 0 aromatic carbocycles. The molecule has 0 spiro atoms. The average Bonchev–Trinajstić information content (AvgIpc) is 2.21. The Labute approximate surface area is 93.7 Å². The van der Waals surface area contributed by atoms with Gasteiger partial charge in [0.25, 0.3) is 5.56 Å². The van der Waals surface area contributed by atoms with Gasteiger partial charge in [0, 0.05) is 20.3 Å². The Hall–Kier alpha value is -1.37. The summed E-state index contributed by atoms with van der Waals surface area (Å²) < 4.78 is 2.34. The van der Waals surface area contributed by atoms with E-state index in [2.05, 4.69) is 21.2 Å². The summed E-state index contributed by atoms with van der Waals surface area (Å²) in [7, 11) is 2.95. The van der Waals surface area contributed by atoms with Crippen LogP contribution in [0.1, 0.15) is 0 Å². The zero-order chi connectivity index (χ0) is 11.6. The van der Waals surface area contributed by atoms with Crippen molar-refractivity contribution >= 4 is 21.8 Å². The summed E-state index contributed by atoms with van der Waals surface area (Å²) in [5.41, 5.74) is -1.03. The van der Waals surface area contributed by atoms with E-state index in [4.69, 9.17) is 0 Å². The lowest BCUT2D eigenvalue weighted by atomic mass is 10.5. The number of rotatable bonds is 2. The molecule has 7 heteroatoms. The molecule has 82 valence electrons. The highest BCUT2D eigenvalue weighted by atomic mass is 79.9. The molecule has 0 aliphatic carbocycles. The van der Waals surface area contributed by atoms with Gasteiger partial charge < -0.3 is 9.88 Å². The number of hydrogen-bond acceptors (Lipinski definition) is 3. The second-order valence-corrected chi connectivity index (χ2v) is 3.79. The Morgan fingerprint density at radius 2 is 2.13 bits per heavy atom. The predicted octanol–water partition coefficient (Wildman–Crippen LogP) is -0.945. The van der Waals surface area contributed by atoms with Crippen LogP contribution in [-0.4, -0.2) is 22.1 Å². The van der Waals surface area contributed by atoms with Crippen molar-refractivity contribution in [2.75, 3.05) is 7.05 Å². The molecule has 0 radical (unpaired) electrons. The lowest BCUT2D eigenvalue weighted by Crippen LogP contribution is -2.42. The summed E-state index contributed by atoms with van der Waals surface area (Å²) in [6.07, 6.45) is 1.37. The maximum absolute atomic E-state index is 11.5. The van der Waals surface area contributed by atoms with Crippen molar-refractivity contribution in [1.82, 2.24) is 14.5 Å². The number of carbonyl (C=O) groups is 1. The Morgan fingerprint density at radius 1 is 1.53 bits per heavy atom. The van der Waals surface area contributed by atoms with E-state index in [9.17, 15) is 14.4 Å². The Bertz CT molecular complexity index is 469. The van der Waals surface area contributed by atoms with E-state index in [1.54, 1.807) is 0 Å². The van der Waals surface area contributed by atoms with E-state index in [0.29, 0.717) is 0 Å². The molecule has 0 saturated carbocycles. The van der Waals surface area contributed by atoms with E-state index < -0.39 is 17.2 Å².